The number of ether oxygens (including phenoxy) is 2. The number of hydrogen-bond acceptors (Lipinski definition) is 3. The van der Waals surface area contributed by atoms with E-state index in [1.165, 1.54) is 0 Å². The second-order valence-electron chi connectivity index (χ2n) is 3.13. The van der Waals surface area contributed by atoms with Gasteiger partial charge in [-0.15, -0.1) is 0 Å². The van der Waals surface area contributed by atoms with Crippen LogP contribution in [0.5, 0.6) is 11.5 Å². The van der Waals surface area contributed by atoms with Crippen molar-refractivity contribution in [3.8, 4) is 11.5 Å². The van der Waals surface area contributed by atoms with Crippen LogP contribution in [0.2, 0.25) is 0 Å². The number of carboxylic acid groups (broad SMARTS) is 1. The third-order valence-corrected chi connectivity index (χ3v) is 1.77. The molecule has 1 rings (SSSR count). The van der Waals surface area contributed by atoms with E-state index in [1.807, 2.05) is 37.3 Å². The smallest absolute Gasteiger partial charge is 0.300 e. The zero-order chi connectivity index (χ0) is 13.3. The lowest BCUT2D eigenvalue weighted by molar-refractivity contribution is -0.134. The van der Waals surface area contributed by atoms with Crippen LogP contribution in [0.25, 0.3) is 6.08 Å². The molecular formula is C13H18O4. The van der Waals surface area contributed by atoms with Crippen molar-refractivity contribution in [3.63, 3.8) is 0 Å². The zero-order valence-electron chi connectivity index (χ0n) is 10.6. The minimum atomic E-state index is -0.833. The van der Waals surface area contributed by atoms with Gasteiger partial charge >= 0.3 is 0 Å². The van der Waals surface area contributed by atoms with Crippen LogP contribution >= 0.6 is 0 Å². The molecule has 17 heavy (non-hydrogen) atoms. The number of carboxylic acids is 1. The largest absolute Gasteiger partial charge is 0.493 e. The van der Waals surface area contributed by atoms with Crippen LogP contribution < -0.4 is 9.47 Å². The van der Waals surface area contributed by atoms with Crippen molar-refractivity contribution in [2.75, 3.05) is 14.2 Å². The lowest BCUT2D eigenvalue weighted by Gasteiger charge is -2.07. The molecule has 0 spiro atoms. The van der Waals surface area contributed by atoms with Gasteiger partial charge < -0.3 is 14.6 Å². The van der Waals surface area contributed by atoms with E-state index in [9.17, 15) is 0 Å². The molecule has 4 heteroatoms. The molecule has 94 valence electrons. The fourth-order valence-corrected chi connectivity index (χ4v) is 1.15. The highest BCUT2D eigenvalue weighted by atomic mass is 16.5. The Balaban J connectivity index is 0.000000557. The van der Waals surface area contributed by atoms with Crippen LogP contribution in [-0.2, 0) is 4.79 Å². The van der Waals surface area contributed by atoms with Gasteiger partial charge in [-0.1, -0.05) is 18.2 Å². The van der Waals surface area contributed by atoms with Crippen LogP contribution in [0.4, 0.5) is 0 Å². The first kappa shape index (κ1) is 15.0. The predicted octanol–water partition coefficient (Wildman–Crippen LogP) is 2.83. The van der Waals surface area contributed by atoms with Gasteiger partial charge in [-0.3, -0.25) is 4.79 Å². The summed E-state index contributed by atoms with van der Waals surface area (Å²) in [5.74, 6) is 0.689. The number of hydrogen-bond donors (Lipinski definition) is 1. The minimum absolute atomic E-state index is 0.760. The summed E-state index contributed by atoms with van der Waals surface area (Å²) in [5.41, 5.74) is 1.11. The minimum Gasteiger partial charge on any atom is -0.493 e. The van der Waals surface area contributed by atoms with E-state index in [-0.39, 0.29) is 0 Å². The highest BCUT2D eigenvalue weighted by Crippen LogP contribution is 2.27. The molecule has 1 aromatic rings. The first-order chi connectivity index (χ1) is 8.04. The van der Waals surface area contributed by atoms with E-state index in [0.717, 1.165) is 24.0 Å². The number of aliphatic carboxylic acids is 1. The number of methoxy groups -OCH3 is 2. The maximum absolute atomic E-state index is 9.00. The van der Waals surface area contributed by atoms with Gasteiger partial charge in [0.15, 0.2) is 11.5 Å². The van der Waals surface area contributed by atoms with E-state index in [4.69, 9.17) is 19.4 Å². The topological polar surface area (TPSA) is 55.8 Å². The van der Waals surface area contributed by atoms with Gasteiger partial charge in [0.2, 0.25) is 0 Å². The Morgan fingerprint density at radius 3 is 2.18 bits per heavy atom. The molecule has 0 bridgehead atoms. The Bertz CT molecular complexity index is 379. The van der Waals surface area contributed by atoms with Crippen LogP contribution in [0.3, 0.4) is 0 Å². The molecule has 0 aromatic heterocycles. The average molecular weight is 238 g/mol. The molecule has 4 nitrogen and oxygen atoms in total. The Morgan fingerprint density at radius 2 is 1.76 bits per heavy atom. The van der Waals surface area contributed by atoms with Crippen molar-refractivity contribution in [1.29, 1.82) is 0 Å². The molecule has 1 aromatic carbocycles. The molecule has 1 N–H and O–H groups in total. The van der Waals surface area contributed by atoms with Gasteiger partial charge in [-0.05, 0) is 24.6 Å². The van der Waals surface area contributed by atoms with E-state index < -0.39 is 5.97 Å². The number of benzene rings is 1. The van der Waals surface area contributed by atoms with Crippen LogP contribution in [0.15, 0.2) is 24.3 Å². The lowest BCUT2D eigenvalue weighted by atomic mass is 10.2. The van der Waals surface area contributed by atoms with Gasteiger partial charge in [-0.2, -0.15) is 0 Å². The summed E-state index contributed by atoms with van der Waals surface area (Å²) in [6.45, 7) is 3.07. The molecule has 0 saturated heterocycles. The van der Waals surface area contributed by atoms with Gasteiger partial charge in [0.05, 0.1) is 14.2 Å². The number of carbonyl (C=O) groups is 1. The van der Waals surface area contributed by atoms with E-state index in [1.54, 1.807) is 14.2 Å². The van der Waals surface area contributed by atoms with E-state index >= 15 is 0 Å². The molecule has 0 fully saturated rings. The molecule has 0 aliphatic heterocycles. The quantitative estimate of drug-likeness (QED) is 0.879. The summed E-state index contributed by atoms with van der Waals surface area (Å²) < 4.78 is 10.3. The third kappa shape index (κ3) is 6.25. The molecule has 0 aliphatic carbocycles. The second kappa shape index (κ2) is 8.21. The van der Waals surface area contributed by atoms with Gasteiger partial charge in [0, 0.05) is 6.92 Å². The van der Waals surface area contributed by atoms with Crippen molar-refractivity contribution in [2.24, 2.45) is 0 Å². The molecule has 0 unspecified atom stereocenters. The summed E-state index contributed by atoms with van der Waals surface area (Å²) in [4.78, 5) is 9.00. The van der Waals surface area contributed by atoms with Crippen molar-refractivity contribution in [2.45, 2.75) is 13.8 Å². The summed E-state index contributed by atoms with van der Waals surface area (Å²) in [6, 6.07) is 5.83. The second-order valence-corrected chi connectivity index (χ2v) is 3.13. The maximum Gasteiger partial charge on any atom is 0.300 e. The summed E-state index contributed by atoms with van der Waals surface area (Å²) in [7, 11) is 3.27. The molecule has 0 aliphatic rings. The Kier molecular flexibility index (Phi) is 7.26. The molecule has 0 amide bonds. The molecule has 0 radical (unpaired) electrons. The first-order valence-electron chi connectivity index (χ1n) is 5.09. The lowest BCUT2D eigenvalue weighted by Crippen LogP contribution is -1.90. The predicted molar refractivity (Wildman–Crippen MR) is 67.6 cm³/mol. The van der Waals surface area contributed by atoms with E-state index in [0.29, 0.717) is 0 Å². The van der Waals surface area contributed by atoms with Gasteiger partial charge in [-0.25, -0.2) is 0 Å². The van der Waals surface area contributed by atoms with Crippen LogP contribution in [0, 0.1) is 0 Å². The number of allylic oxidation sites excluding steroid dienone is 1. The Morgan fingerprint density at radius 1 is 1.24 bits per heavy atom. The third-order valence-electron chi connectivity index (χ3n) is 1.77. The zero-order valence-corrected chi connectivity index (χ0v) is 10.6. The van der Waals surface area contributed by atoms with Crippen molar-refractivity contribution in [3.05, 3.63) is 29.8 Å². The van der Waals surface area contributed by atoms with Crippen molar-refractivity contribution in [1.82, 2.24) is 0 Å². The standard InChI is InChI=1S/C11H14O2.C2H4O2/c1-4-5-9-6-7-10(12-2)11(8-9)13-3;1-2(3)4/h4-8H,1-3H3;1H3,(H,3,4). The summed E-state index contributed by atoms with van der Waals surface area (Å²) >= 11 is 0. The Hall–Kier alpha value is -1.97. The first-order valence-corrected chi connectivity index (χ1v) is 5.09. The highest BCUT2D eigenvalue weighted by Gasteiger charge is 2.01. The number of rotatable bonds is 3. The van der Waals surface area contributed by atoms with Crippen LogP contribution in [-0.4, -0.2) is 25.3 Å². The maximum atomic E-state index is 9.00. The summed E-state index contributed by atoms with van der Waals surface area (Å²) in [5, 5.41) is 7.42. The summed E-state index contributed by atoms with van der Waals surface area (Å²) in [6.07, 6.45) is 4.00. The monoisotopic (exact) mass is 238 g/mol. The van der Waals surface area contributed by atoms with Gasteiger partial charge in [0.25, 0.3) is 5.97 Å². The molecule has 0 heterocycles. The fraction of sp³-hybridized carbons (Fsp3) is 0.308. The van der Waals surface area contributed by atoms with E-state index in [2.05, 4.69) is 0 Å². The Labute approximate surface area is 101 Å². The molecular weight excluding hydrogens is 220 g/mol. The SMILES string of the molecule is CC(=O)O.CC=Cc1ccc(OC)c(OC)c1. The van der Waals surface area contributed by atoms with Gasteiger partial charge in [0.1, 0.15) is 0 Å². The normalized spacial score (nSPS) is 9.41. The highest BCUT2D eigenvalue weighted by molar-refractivity contribution is 5.63. The van der Waals surface area contributed by atoms with Crippen molar-refractivity contribution >= 4 is 12.0 Å². The fourth-order valence-electron chi connectivity index (χ4n) is 1.15. The molecule has 0 atom stereocenters. The molecule has 0 saturated carbocycles. The van der Waals surface area contributed by atoms with Crippen molar-refractivity contribution < 1.29 is 19.4 Å². The van der Waals surface area contributed by atoms with Crippen LogP contribution in [0.1, 0.15) is 19.4 Å². The average Bonchev–Trinajstić information content (AvgIpc) is 2.28.